The molecule has 8 nitrogen and oxygen atoms in total. The average molecular weight is 412 g/mol. The molecular formula is C22H24N2O6. The third kappa shape index (κ3) is 5.28. The van der Waals surface area contributed by atoms with Crippen LogP contribution in [0.5, 0.6) is 11.5 Å². The third-order valence-electron chi connectivity index (χ3n) is 4.64. The van der Waals surface area contributed by atoms with Gasteiger partial charge in [-0.3, -0.25) is 14.4 Å². The average Bonchev–Trinajstić information content (AvgIpc) is 3.15. The summed E-state index contributed by atoms with van der Waals surface area (Å²) in [5.41, 5.74) is 1.26. The maximum atomic E-state index is 12.3. The Bertz CT molecular complexity index is 895. The van der Waals surface area contributed by atoms with Crippen molar-refractivity contribution in [3.63, 3.8) is 0 Å². The predicted octanol–water partition coefficient (Wildman–Crippen LogP) is 2.63. The molecule has 1 fully saturated rings. The zero-order valence-corrected chi connectivity index (χ0v) is 16.9. The number of hydrogen-bond acceptors (Lipinski definition) is 6. The summed E-state index contributed by atoms with van der Waals surface area (Å²) in [5, 5.41) is 2.65. The van der Waals surface area contributed by atoms with Crippen molar-refractivity contribution in [2.24, 2.45) is 5.92 Å². The predicted molar refractivity (Wildman–Crippen MR) is 111 cm³/mol. The zero-order chi connectivity index (χ0) is 21.5. The first-order valence-corrected chi connectivity index (χ1v) is 9.64. The Labute approximate surface area is 174 Å². The van der Waals surface area contributed by atoms with Crippen molar-refractivity contribution in [1.29, 1.82) is 0 Å². The van der Waals surface area contributed by atoms with Gasteiger partial charge >= 0.3 is 5.97 Å². The molecule has 0 aliphatic carbocycles. The first kappa shape index (κ1) is 21.2. The topological polar surface area (TPSA) is 94.2 Å². The number of ether oxygens (including phenoxy) is 3. The monoisotopic (exact) mass is 412 g/mol. The highest BCUT2D eigenvalue weighted by Crippen LogP contribution is 2.27. The molecule has 158 valence electrons. The van der Waals surface area contributed by atoms with Gasteiger partial charge in [0.2, 0.25) is 5.91 Å². The minimum Gasteiger partial charge on any atom is -0.497 e. The van der Waals surface area contributed by atoms with Crippen LogP contribution < -0.4 is 19.7 Å². The Morgan fingerprint density at radius 3 is 2.37 bits per heavy atom. The Morgan fingerprint density at radius 2 is 1.73 bits per heavy atom. The lowest BCUT2D eigenvalue weighted by Gasteiger charge is -2.16. The number of benzene rings is 2. The summed E-state index contributed by atoms with van der Waals surface area (Å²) in [6.45, 7) is 2.24. The summed E-state index contributed by atoms with van der Waals surface area (Å²) in [5.74, 6) is -0.418. The van der Waals surface area contributed by atoms with Crippen molar-refractivity contribution in [3.8, 4) is 11.5 Å². The molecule has 1 heterocycles. The van der Waals surface area contributed by atoms with Crippen molar-refractivity contribution in [1.82, 2.24) is 0 Å². The Kier molecular flexibility index (Phi) is 6.90. The molecule has 1 aliphatic rings. The van der Waals surface area contributed by atoms with Crippen LogP contribution in [0.1, 0.15) is 13.3 Å². The van der Waals surface area contributed by atoms with Crippen LogP contribution in [0.3, 0.4) is 0 Å². The Morgan fingerprint density at radius 1 is 1.07 bits per heavy atom. The van der Waals surface area contributed by atoms with E-state index in [0.717, 1.165) is 0 Å². The lowest BCUT2D eigenvalue weighted by molar-refractivity contribution is -0.151. The SMILES string of the molecule is CCOc1ccc(NC(=O)COC(=O)[C@@H]2CC(=O)N(c3ccc(OC)cc3)C2)cc1. The molecule has 30 heavy (non-hydrogen) atoms. The summed E-state index contributed by atoms with van der Waals surface area (Å²) >= 11 is 0. The highest BCUT2D eigenvalue weighted by atomic mass is 16.5. The van der Waals surface area contributed by atoms with Gasteiger partial charge in [0.25, 0.3) is 5.91 Å². The number of nitrogens with zero attached hydrogens (tertiary/aromatic N) is 1. The number of methoxy groups -OCH3 is 1. The van der Waals surface area contributed by atoms with Gasteiger partial charge in [0.05, 0.1) is 19.6 Å². The highest BCUT2D eigenvalue weighted by Gasteiger charge is 2.36. The second-order valence-corrected chi connectivity index (χ2v) is 6.72. The zero-order valence-electron chi connectivity index (χ0n) is 16.9. The van der Waals surface area contributed by atoms with Crippen molar-refractivity contribution < 1.29 is 28.6 Å². The van der Waals surface area contributed by atoms with Gasteiger partial charge in [-0.1, -0.05) is 0 Å². The number of esters is 1. The molecule has 2 amide bonds. The molecule has 8 heteroatoms. The fourth-order valence-corrected chi connectivity index (χ4v) is 3.13. The maximum absolute atomic E-state index is 12.3. The van der Waals surface area contributed by atoms with Crippen LogP contribution in [0.4, 0.5) is 11.4 Å². The first-order chi connectivity index (χ1) is 14.5. The van der Waals surface area contributed by atoms with Gasteiger partial charge in [0, 0.05) is 24.3 Å². The molecule has 0 unspecified atom stereocenters. The molecule has 2 aromatic rings. The number of carbonyl (C=O) groups is 3. The fourth-order valence-electron chi connectivity index (χ4n) is 3.13. The van der Waals surface area contributed by atoms with E-state index >= 15 is 0 Å². The molecular weight excluding hydrogens is 388 g/mol. The number of hydrogen-bond donors (Lipinski definition) is 1. The quantitative estimate of drug-likeness (QED) is 0.670. The standard InChI is InChI=1S/C22H24N2O6/c1-3-29-19-8-4-16(5-9-19)23-20(25)14-30-22(27)15-12-21(26)24(13-15)17-6-10-18(28-2)11-7-17/h4-11,15H,3,12-14H2,1-2H3,(H,23,25)/t15-/m1/s1. The number of carbonyl (C=O) groups excluding carboxylic acids is 3. The number of rotatable bonds is 8. The van der Waals surface area contributed by atoms with Crippen LogP contribution in [-0.4, -0.2) is 44.7 Å². The van der Waals surface area contributed by atoms with Gasteiger partial charge in [-0.2, -0.15) is 0 Å². The van der Waals surface area contributed by atoms with Crippen LogP contribution in [0.2, 0.25) is 0 Å². The molecule has 2 aromatic carbocycles. The van der Waals surface area contributed by atoms with Crippen LogP contribution in [0.15, 0.2) is 48.5 Å². The van der Waals surface area contributed by atoms with Gasteiger partial charge in [0.1, 0.15) is 11.5 Å². The normalized spacial score (nSPS) is 15.6. The van der Waals surface area contributed by atoms with Crippen LogP contribution in [-0.2, 0) is 19.1 Å². The van der Waals surface area contributed by atoms with Gasteiger partial charge in [0.15, 0.2) is 6.61 Å². The molecule has 1 atom stereocenters. The molecule has 3 rings (SSSR count). The molecule has 0 spiro atoms. The number of amides is 2. The fraction of sp³-hybridized carbons (Fsp3) is 0.318. The molecule has 0 radical (unpaired) electrons. The van der Waals surface area contributed by atoms with E-state index in [2.05, 4.69) is 5.32 Å². The van der Waals surface area contributed by atoms with E-state index in [0.29, 0.717) is 29.5 Å². The molecule has 0 aromatic heterocycles. The lowest BCUT2D eigenvalue weighted by atomic mass is 10.1. The minimum absolute atomic E-state index is 0.0470. The van der Waals surface area contributed by atoms with Gasteiger partial charge in [-0.25, -0.2) is 0 Å². The van der Waals surface area contributed by atoms with Gasteiger partial charge in [-0.15, -0.1) is 0 Å². The van der Waals surface area contributed by atoms with Crippen molar-refractivity contribution in [3.05, 3.63) is 48.5 Å². The van der Waals surface area contributed by atoms with Gasteiger partial charge < -0.3 is 24.4 Å². The van der Waals surface area contributed by atoms with Crippen LogP contribution >= 0.6 is 0 Å². The van der Waals surface area contributed by atoms with Gasteiger partial charge in [-0.05, 0) is 55.5 Å². The second kappa shape index (κ2) is 9.78. The number of nitrogens with one attached hydrogen (secondary N) is 1. The molecule has 0 saturated carbocycles. The van der Waals surface area contributed by atoms with Crippen LogP contribution in [0, 0.1) is 5.92 Å². The largest absolute Gasteiger partial charge is 0.497 e. The Balaban J connectivity index is 1.48. The summed E-state index contributed by atoms with van der Waals surface area (Å²) in [4.78, 5) is 38.2. The molecule has 1 aliphatic heterocycles. The molecule has 0 bridgehead atoms. The Hall–Kier alpha value is -3.55. The summed E-state index contributed by atoms with van der Waals surface area (Å²) in [6.07, 6.45) is 0.0470. The molecule has 1 N–H and O–H groups in total. The number of anilines is 2. The van der Waals surface area contributed by atoms with E-state index in [4.69, 9.17) is 14.2 Å². The van der Waals surface area contributed by atoms with Crippen LogP contribution in [0.25, 0.3) is 0 Å². The van der Waals surface area contributed by atoms with Crippen molar-refractivity contribution >= 4 is 29.2 Å². The second-order valence-electron chi connectivity index (χ2n) is 6.72. The summed E-state index contributed by atoms with van der Waals surface area (Å²) < 4.78 is 15.6. The highest BCUT2D eigenvalue weighted by molar-refractivity contribution is 6.00. The van der Waals surface area contributed by atoms with E-state index in [1.165, 1.54) is 4.90 Å². The van der Waals surface area contributed by atoms with Crippen molar-refractivity contribution in [2.45, 2.75) is 13.3 Å². The van der Waals surface area contributed by atoms with Crippen molar-refractivity contribution in [2.75, 3.05) is 37.1 Å². The van der Waals surface area contributed by atoms with E-state index in [1.807, 2.05) is 6.92 Å². The molecule has 1 saturated heterocycles. The summed E-state index contributed by atoms with van der Waals surface area (Å²) in [7, 11) is 1.56. The lowest BCUT2D eigenvalue weighted by Crippen LogP contribution is -2.28. The van der Waals surface area contributed by atoms with E-state index in [1.54, 1.807) is 55.6 Å². The van der Waals surface area contributed by atoms with E-state index < -0.39 is 24.4 Å². The maximum Gasteiger partial charge on any atom is 0.311 e. The third-order valence-corrected chi connectivity index (χ3v) is 4.64. The van der Waals surface area contributed by atoms with E-state index in [-0.39, 0.29) is 18.9 Å². The minimum atomic E-state index is -0.613. The first-order valence-electron chi connectivity index (χ1n) is 9.64. The van der Waals surface area contributed by atoms with E-state index in [9.17, 15) is 14.4 Å². The smallest absolute Gasteiger partial charge is 0.311 e. The summed E-state index contributed by atoms with van der Waals surface area (Å²) in [6, 6.07) is 13.9.